The lowest BCUT2D eigenvalue weighted by molar-refractivity contribution is -0.386. The second kappa shape index (κ2) is 4.40. The Kier molecular flexibility index (Phi) is 2.97. The molecule has 80 valence electrons. The summed E-state index contributed by atoms with van der Waals surface area (Å²) in [4.78, 5) is 10.3. The van der Waals surface area contributed by atoms with Crippen LogP contribution in [0.2, 0.25) is 0 Å². The van der Waals surface area contributed by atoms with Gasteiger partial charge in [0.05, 0.1) is 17.1 Å². The first-order valence-corrected chi connectivity index (χ1v) is 5.07. The summed E-state index contributed by atoms with van der Waals surface area (Å²) in [5, 5.41) is 10.7. The van der Waals surface area contributed by atoms with E-state index >= 15 is 0 Å². The zero-order chi connectivity index (χ0) is 10.7. The Hall–Kier alpha value is -1.42. The maximum Gasteiger partial charge on any atom is 0.274 e. The molecular formula is C11H13NO3. The summed E-state index contributed by atoms with van der Waals surface area (Å²) in [5.74, 6) is 0.688. The van der Waals surface area contributed by atoms with Crippen molar-refractivity contribution in [3.63, 3.8) is 0 Å². The second-order valence-corrected chi connectivity index (χ2v) is 3.84. The molecule has 0 spiro atoms. The van der Waals surface area contributed by atoms with Crippen molar-refractivity contribution in [3.8, 4) is 0 Å². The summed E-state index contributed by atoms with van der Waals surface area (Å²) in [6.45, 7) is 1.07. The lowest BCUT2D eigenvalue weighted by atomic mass is 10.2. The van der Waals surface area contributed by atoms with Crippen molar-refractivity contribution in [1.29, 1.82) is 0 Å². The number of nitro benzene ring substituents is 1. The fourth-order valence-corrected chi connectivity index (χ4v) is 1.43. The van der Waals surface area contributed by atoms with Crippen LogP contribution in [-0.2, 0) is 11.3 Å². The molecule has 0 heterocycles. The van der Waals surface area contributed by atoms with E-state index in [4.69, 9.17) is 4.74 Å². The first-order valence-electron chi connectivity index (χ1n) is 5.07. The molecule has 0 amide bonds. The molecule has 0 aromatic heterocycles. The fourth-order valence-electron chi connectivity index (χ4n) is 1.43. The van der Waals surface area contributed by atoms with Gasteiger partial charge in [0.1, 0.15) is 0 Å². The predicted molar refractivity (Wildman–Crippen MR) is 55.5 cm³/mol. The SMILES string of the molecule is O=[N+]([O-])c1ccccc1COCC1CC1. The van der Waals surface area contributed by atoms with Gasteiger partial charge in [-0.2, -0.15) is 0 Å². The van der Waals surface area contributed by atoms with Gasteiger partial charge in [-0.1, -0.05) is 12.1 Å². The molecule has 1 aromatic rings. The molecule has 1 aliphatic carbocycles. The van der Waals surface area contributed by atoms with Crippen LogP contribution < -0.4 is 0 Å². The molecule has 0 radical (unpaired) electrons. The minimum absolute atomic E-state index is 0.147. The molecule has 1 saturated carbocycles. The molecule has 15 heavy (non-hydrogen) atoms. The standard InChI is InChI=1S/C11H13NO3/c13-12(14)11-4-2-1-3-10(11)8-15-7-9-5-6-9/h1-4,9H,5-8H2. The first kappa shape index (κ1) is 10.1. The third-order valence-electron chi connectivity index (χ3n) is 2.50. The van der Waals surface area contributed by atoms with Crippen LogP contribution in [-0.4, -0.2) is 11.5 Å². The second-order valence-electron chi connectivity index (χ2n) is 3.84. The van der Waals surface area contributed by atoms with Crippen molar-refractivity contribution in [1.82, 2.24) is 0 Å². The molecule has 0 atom stereocenters. The molecule has 1 fully saturated rings. The normalized spacial score (nSPS) is 15.2. The minimum atomic E-state index is -0.365. The number of para-hydroxylation sites is 1. The van der Waals surface area contributed by atoms with E-state index in [1.807, 2.05) is 0 Å². The van der Waals surface area contributed by atoms with Crippen LogP contribution in [0.5, 0.6) is 0 Å². The van der Waals surface area contributed by atoms with Gasteiger partial charge in [0.25, 0.3) is 5.69 Å². The number of nitrogens with zero attached hydrogens (tertiary/aromatic N) is 1. The van der Waals surface area contributed by atoms with Gasteiger partial charge in [-0.05, 0) is 24.8 Å². The largest absolute Gasteiger partial charge is 0.376 e. The van der Waals surface area contributed by atoms with Crippen molar-refractivity contribution in [2.24, 2.45) is 5.92 Å². The Morgan fingerprint density at radius 1 is 1.40 bits per heavy atom. The van der Waals surface area contributed by atoms with Gasteiger partial charge in [0.2, 0.25) is 0 Å². The topological polar surface area (TPSA) is 52.4 Å². The molecule has 2 rings (SSSR count). The predicted octanol–water partition coefficient (Wildman–Crippen LogP) is 2.52. The van der Waals surface area contributed by atoms with Crippen LogP contribution in [0.3, 0.4) is 0 Å². The Morgan fingerprint density at radius 2 is 2.13 bits per heavy atom. The van der Waals surface area contributed by atoms with Crippen LogP contribution in [0.15, 0.2) is 24.3 Å². The van der Waals surface area contributed by atoms with E-state index < -0.39 is 0 Å². The summed E-state index contributed by atoms with van der Waals surface area (Å²) < 4.78 is 5.43. The van der Waals surface area contributed by atoms with E-state index in [1.165, 1.54) is 18.9 Å². The van der Waals surface area contributed by atoms with Crippen molar-refractivity contribution < 1.29 is 9.66 Å². The monoisotopic (exact) mass is 207 g/mol. The van der Waals surface area contributed by atoms with E-state index in [0.717, 1.165) is 6.61 Å². The smallest absolute Gasteiger partial charge is 0.274 e. The molecule has 0 unspecified atom stereocenters. The first-order chi connectivity index (χ1) is 7.27. The molecule has 0 bridgehead atoms. The summed E-state index contributed by atoms with van der Waals surface area (Å²) in [6, 6.07) is 6.71. The van der Waals surface area contributed by atoms with Crippen molar-refractivity contribution >= 4 is 5.69 Å². The van der Waals surface area contributed by atoms with Crippen LogP contribution >= 0.6 is 0 Å². The molecular weight excluding hydrogens is 194 g/mol. The molecule has 4 nitrogen and oxygen atoms in total. The van der Waals surface area contributed by atoms with E-state index in [1.54, 1.807) is 18.2 Å². The summed E-state index contributed by atoms with van der Waals surface area (Å²) >= 11 is 0. The summed E-state index contributed by atoms with van der Waals surface area (Å²) in [6.07, 6.45) is 2.47. The van der Waals surface area contributed by atoms with Crippen LogP contribution in [0.25, 0.3) is 0 Å². The van der Waals surface area contributed by atoms with Crippen LogP contribution in [0, 0.1) is 16.0 Å². The van der Waals surface area contributed by atoms with E-state index in [9.17, 15) is 10.1 Å². The lowest BCUT2D eigenvalue weighted by Crippen LogP contribution is -2.00. The number of rotatable bonds is 5. The number of nitro groups is 1. The number of hydrogen-bond acceptors (Lipinski definition) is 3. The van der Waals surface area contributed by atoms with Gasteiger partial charge in [-0.3, -0.25) is 10.1 Å². The highest BCUT2D eigenvalue weighted by Crippen LogP contribution is 2.29. The minimum Gasteiger partial charge on any atom is -0.376 e. The lowest BCUT2D eigenvalue weighted by Gasteiger charge is -2.03. The van der Waals surface area contributed by atoms with Gasteiger partial charge >= 0.3 is 0 Å². The highest BCUT2D eigenvalue weighted by molar-refractivity contribution is 5.39. The molecule has 0 saturated heterocycles. The third kappa shape index (κ3) is 2.76. The quantitative estimate of drug-likeness (QED) is 0.550. The van der Waals surface area contributed by atoms with Gasteiger partial charge < -0.3 is 4.74 Å². The number of benzene rings is 1. The average Bonchev–Trinajstić information content (AvgIpc) is 3.02. The maximum atomic E-state index is 10.7. The van der Waals surface area contributed by atoms with E-state index in [0.29, 0.717) is 18.1 Å². The molecule has 1 aromatic carbocycles. The highest BCUT2D eigenvalue weighted by atomic mass is 16.6. The summed E-state index contributed by atoms with van der Waals surface area (Å²) in [5.41, 5.74) is 0.802. The molecule has 0 aliphatic heterocycles. The molecule has 1 aliphatic rings. The molecule has 4 heteroatoms. The number of ether oxygens (including phenoxy) is 1. The molecule has 0 N–H and O–H groups in total. The van der Waals surface area contributed by atoms with Gasteiger partial charge in [-0.15, -0.1) is 0 Å². The van der Waals surface area contributed by atoms with Crippen LogP contribution in [0.1, 0.15) is 18.4 Å². The van der Waals surface area contributed by atoms with Gasteiger partial charge in [0.15, 0.2) is 0 Å². The number of hydrogen-bond donors (Lipinski definition) is 0. The van der Waals surface area contributed by atoms with Crippen molar-refractivity contribution in [2.45, 2.75) is 19.4 Å². The third-order valence-corrected chi connectivity index (χ3v) is 2.50. The Labute approximate surface area is 88.0 Å². The maximum absolute atomic E-state index is 10.7. The van der Waals surface area contributed by atoms with Crippen molar-refractivity contribution in [2.75, 3.05) is 6.61 Å². The van der Waals surface area contributed by atoms with Gasteiger partial charge in [0, 0.05) is 12.7 Å². The Balaban J connectivity index is 1.95. The van der Waals surface area contributed by atoms with E-state index in [-0.39, 0.29) is 10.6 Å². The fraction of sp³-hybridized carbons (Fsp3) is 0.455. The highest BCUT2D eigenvalue weighted by Gasteiger charge is 2.21. The van der Waals surface area contributed by atoms with Crippen LogP contribution in [0.4, 0.5) is 5.69 Å². The zero-order valence-corrected chi connectivity index (χ0v) is 8.39. The Morgan fingerprint density at radius 3 is 2.80 bits per heavy atom. The van der Waals surface area contributed by atoms with E-state index in [2.05, 4.69) is 0 Å². The summed E-state index contributed by atoms with van der Waals surface area (Å²) in [7, 11) is 0. The average molecular weight is 207 g/mol. The Bertz CT molecular complexity index is 361. The van der Waals surface area contributed by atoms with Gasteiger partial charge in [-0.25, -0.2) is 0 Å². The van der Waals surface area contributed by atoms with Crippen molar-refractivity contribution in [3.05, 3.63) is 39.9 Å². The zero-order valence-electron chi connectivity index (χ0n) is 8.39.